The summed E-state index contributed by atoms with van der Waals surface area (Å²) in [5.74, 6) is 0.262. The fraction of sp³-hybridized carbons (Fsp3) is 0.316. The van der Waals surface area contributed by atoms with E-state index in [1.54, 1.807) is 17.0 Å². The van der Waals surface area contributed by atoms with Gasteiger partial charge in [0.2, 0.25) is 0 Å². The summed E-state index contributed by atoms with van der Waals surface area (Å²) in [6, 6.07) is 13.4. The molecular weight excluding hydrogens is 302 g/mol. The standard InChI is InChI=1S/C19H23N3O2/c1-3-20-19(24)22-10-9-14-7-8-16(12-18(14)22)21-13(2)15-5-4-6-17(23)11-15/h4-8,11-13,21,23H,3,9-10H2,1-2H3,(H,20,24). The summed E-state index contributed by atoms with van der Waals surface area (Å²) >= 11 is 0. The van der Waals surface area contributed by atoms with Gasteiger partial charge in [0.1, 0.15) is 5.75 Å². The molecule has 0 aliphatic carbocycles. The molecule has 1 atom stereocenters. The highest BCUT2D eigenvalue weighted by Crippen LogP contribution is 2.32. The molecule has 0 saturated carbocycles. The summed E-state index contributed by atoms with van der Waals surface area (Å²) in [7, 11) is 0. The molecular formula is C19H23N3O2. The largest absolute Gasteiger partial charge is 0.508 e. The van der Waals surface area contributed by atoms with Crippen molar-refractivity contribution in [3.8, 4) is 5.75 Å². The zero-order chi connectivity index (χ0) is 17.1. The van der Waals surface area contributed by atoms with E-state index in [2.05, 4.69) is 16.7 Å². The molecule has 0 bridgehead atoms. The van der Waals surface area contributed by atoms with Crippen molar-refractivity contribution in [1.29, 1.82) is 0 Å². The number of hydrogen-bond donors (Lipinski definition) is 3. The molecule has 0 aromatic heterocycles. The monoisotopic (exact) mass is 325 g/mol. The minimum absolute atomic E-state index is 0.0468. The Kier molecular flexibility index (Phi) is 4.60. The van der Waals surface area contributed by atoms with E-state index >= 15 is 0 Å². The van der Waals surface area contributed by atoms with Crippen molar-refractivity contribution in [2.75, 3.05) is 23.3 Å². The number of hydrogen-bond acceptors (Lipinski definition) is 3. The lowest BCUT2D eigenvalue weighted by Gasteiger charge is -2.20. The van der Waals surface area contributed by atoms with Crippen molar-refractivity contribution >= 4 is 17.4 Å². The molecule has 0 saturated heterocycles. The van der Waals surface area contributed by atoms with Gasteiger partial charge in [-0.25, -0.2) is 4.79 Å². The van der Waals surface area contributed by atoms with E-state index in [1.165, 1.54) is 5.56 Å². The summed E-state index contributed by atoms with van der Waals surface area (Å²) < 4.78 is 0. The van der Waals surface area contributed by atoms with Crippen molar-refractivity contribution < 1.29 is 9.90 Å². The zero-order valence-corrected chi connectivity index (χ0v) is 14.0. The van der Waals surface area contributed by atoms with Crippen LogP contribution < -0.4 is 15.5 Å². The first-order valence-electron chi connectivity index (χ1n) is 8.32. The third kappa shape index (κ3) is 3.30. The van der Waals surface area contributed by atoms with E-state index in [9.17, 15) is 9.90 Å². The molecule has 2 aromatic carbocycles. The Balaban J connectivity index is 1.78. The van der Waals surface area contributed by atoms with Gasteiger partial charge in [0, 0.05) is 24.8 Å². The van der Waals surface area contributed by atoms with E-state index in [1.807, 2.05) is 38.1 Å². The maximum absolute atomic E-state index is 12.2. The van der Waals surface area contributed by atoms with Crippen LogP contribution in [0.4, 0.5) is 16.2 Å². The highest BCUT2D eigenvalue weighted by molar-refractivity contribution is 5.94. The van der Waals surface area contributed by atoms with Crippen molar-refractivity contribution in [3.63, 3.8) is 0 Å². The van der Waals surface area contributed by atoms with Gasteiger partial charge in [-0.15, -0.1) is 0 Å². The second kappa shape index (κ2) is 6.83. The van der Waals surface area contributed by atoms with Crippen LogP contribution in [-0.4, -0.2) is 24.2 Å². The van der Waals surface area contributed by atoms with Gasteiger partial charge in [-0.1, -0.05) is 18.2 Å². The average molecular weight is 325 g/mol. The van der Waals surface area contributed by atoms with Crippen LogP contribution in [-0.2, 0) is 6.42 Å². The van der Waals surface area contributed by atoms with Crippen LogP contribution in [0, 0.1) is 0 Å². The zero-order valence-electron chi connectivity index (χ0n) is 14.0. The minimum Gasteiger partial charge on any atom is -0.508 e. The number of benzene rings is 2. The fourth-order valence-corrected chi connectivity index (χ4v) is 3.05. The van der Waals surface area contributed by atoms with Crippen LogP contribution in [0.5, 0.6) is 5.75 Å². The number of anilines is 2. The lowest BCUT2D eigenvalue weighted by atomic mass is 10.1. The number of nitrogens with one attached hydrogen (secondary N) is 2. The molecule has 3 rings (SSSR count). The molecule has 0 radical (unpaired) electrons. The van der Waals surface area contributed by atoms with Gasteiger partial charge >= 0.3 is 6.03 Å². The first kappa shape index (κ1) is 16.2. The van der Waals surface area contributed by atoms with E-state index in [4.69, 9.17) is 0 Å². The number of carbonyl (C=O) groups excluding carboxylic acids is 1. The first-order valence-corrected chi connectivity index (χ1v) is 8.32. The molecule has 24 heavy (non-hydrogen) atoms. The molecule has 126 valence electrons. The average Bonchev–Trinajstić information content (AvgIpc) is 2.98. The maximum atomic E-state index is 12.2. The van der Waals surface area contributed by atoms with Crippen LogP contribution in [0.1, 0.15) is 31.0 Å². The number of rotatable bonds is 4. The molecule has 0 spiro atoms. The van der Waals surface area contributed by atoms with Gasteiger partial charge < -0.3 is 15.7 Å². The number of phenolic OH excluding ortho intramolecular Hbond substituents is 1. The summed E-state index contributed by atoms with van der Waals surface area (Å²) in [5, 5.41) is 15.9. The second-order valence-corrected chi connectivity index (χ2v) is 6.04. The first-order chi connectivity index (χ1) is 11.6. The summed E-state index contributed by atoms with van der Waals surface area (Å²) in [4.78, 5) is 14.0. The van der Waals surface area contributed by atoms with Gasteiger partial charge in [0.05, 0.1) is 5.69 Å². The van der Waals surface area contributed by atoms with Crippen LogP contribution in [0.15, 0.2) is 42.5 Å². The van der Waals surface area contributed by atoms with Crippen molar-refractivity contribution in [3.05, 3.63) is 53.6 Å². The van der Waals surface area contributed by atoms with Crippen LogP contribution in [0.3, 0.4) is 0 Å². The Hall–Kier alpha value is -2.69. The van der Waals surface area contributed by atoms with Gasteiger partial charge in [-0.05, 0) is 55.7 Å². The molecule has 1 unspecified atom stereocenters. The molecule has 0 fully saturated rings. The number of carbonyl (C=O) groups is 1. The molecule has 3 N–H and O–H groups in total. The quantitative estimate of drug-likeness (QED) is 0.804. The fourth-order valence-electron chi connectivity index (χ4n) is 3.05. The smallest absolute Gasteiger partial charge is 0.321 e. The van der Waals surface area contributed by atoms with Crippen molar-refractivity contribution in [2.24, 2.45) is 0 Å². The van der Waals surface area contributed by atoms with E-state index in [-0.39, 0.29) is 17.8 Å². The molecule has 2 amide bonds. The molecule has 1 aliphatic heterocycles. The third-order valence-electron chi connectivity index (χ3n) is 4.31. The van der Waals surface area contributed by atoms with Gasteiger partial charge in [0.15, 0.2) is 0 Å². The minimum atomic E-state index is -0.0468. The molecule has 1 heterocycles. The Labute approximate surface area is 142 Å². The van der Waals surface area contributed by atoms with Crippen molar-refractivity contribution in [1.82, 2.24) is 5.32 Å². The Bertz CT molecular complexity index is 745. The van der Waals surface area contributed by atoms with Crippen LogP contribution >= 0.6 is 0 Å². The second-order valence-electron chi connectivity index (χ2n) is 6.04. The molecule has 5 nitrogen and oxygen atoms in total. The predicted molar refractivity (Wildman–Crippen MR) is 96.7 cm³/mol. The highest BCUT2D eigenvalue weighted by Gasteiger charge is 2.24. The molecule has 1 aliphatic rings. The van der Waals surface area contributed by atoms with E-state index in [0.717, 1.165) is 23.4 Å². The highest BCUT2D eigenvalue weighted by atomic mass is 16.3. The number of nitrogens with zero attached hydrogens (tertiary/aromatic N) is 1. The number of phenols is 1. The van der Waals surface area contributed by atoms with Crippen LogP contribution in [0.2, 0.25) is 0 Å². The summed E-state index contributed by atoms with van der Waals surface area (Å²) in [6.45, 7) is 5.30. The number of fused-ring (bicyclic) bond motifs is 1. The number of urea groups is 1. The third-order valence-corrected chi connectivity index (χ3v) is 4.31. The normalized spacial score (nSPS) is 14.2. The van der Waals surface area contributed by atoms with Gasteiger partial charge in [-0.3, -0.25) is 4.90 Å². The summed E-state index contributed by atoms with van der Waals surface area (Å²) in [6.07, 6.45) is 0.884. The van der Waals surface area contributed by atoms with E-state index in [0.29, 0.717) is 13.1 Å². The Morgan fingerprint density at radius 1 is 1.29 bits per heavy atom. The number of amides is 2. The van der Waals surface area contributed by atoms with E-state index < -0.39 is 0 Å². The Morgan fingerprint density at radius 3 is 2.88 bits per heavy atom. The van der Waals surface area contributed by atoms with Gasteiger partial charge in [-0.2, -0.15) is 0 Å². The topological polar surface area (TPSA) is 64.6 Å². The summed E-state index contributed by atoms with van der Waals surface area (Å²) in [5.41, 5.74) is 4.13. The number of aromatic hydroxyl groups is 1. The van der Waals surface area contributed by atoms with Crippen molar-refractivity contribution in [2.45, 2.75) is 26.3 Å². The van der Waals surface area contributed by atoms with Gasteiger partial charge in [0.25, 0.3) is 0 Å². The Morgan fingerprint density at radius 2 is 2.12 bits per heavy atom. The molecule has 2 aromatic rings. The lowest BCUT2D eigenvalue weighted by Crippen LogP contribution is -2.38. The molecule has 5 heteroatoms. The SMILES string of the molecule is CCNC(=O)N1CCc2ccc(NC(C)c3cccc(O)c3)cc21. The maximum Gasteiger partial charge on any atom is 0.321 e. The lowest BCUT2D eigenvalue weighted by molar-refractivity contribution is 0.247. The van der Waals surface area contributed by atoms with Crippen LogP contribution in [0.25, 0.3) is 0 Å². The predicted octanol–water partition coefficient (Wildman–Crippen LogP) is 3.66.